The van der Waals surface area contributed by atoms with Gasteiger partial charge in [-0.05, 0) is 44.5 Å². The molecule has 1 aliphatic heterocycles. The van der Waals surface area contributed by atoms with E-state index in [0.717, 1.165) is 31.5 Å². The van der Waals surface area contributed by atoms with E-state index >= 15 is 0 Å². The molecule has 0 aromatic heterocycles. The molecule has 0 aliphatic carbocycles. The highest BCUT2D eigenvalue weighted by atomic mass is 19.2. The van der Waals surface area contributed by atoms with Crippen molar-refractivity contribution in [3.63, 3.8) is 0 Å². The number of carbonyl (C=O) groups excluding carboxylic acids is 1. The molecule has 1 aromatic rings. The molecule has 110 valence electrons. The summed E-state index contributed by atoms with van der Waals surface area (Å²) in [6, 6.07) is 3.96. The Hall–Kier alpha value is -1.49. The van der Waals surface area contributed by atoms with Crippen molar-refractivity contribution >= 4 is 5.91 Å². The van der Waals surface area contributed by atoms with Crippen LogP contribution in [-0.4, -0.2) is 37.0 Å². The molecule has 1 heterocycles. The first-order valence-corrected chi connectivity index (χ1v) is 6.94. The van der Waals surface area contributed by atoms with Gasteiger partial charge in [0.25, 0.3) is 0 Å². The van der Waals surface area contributed by atoms with Crippen LogP contribution in [0.3, 0.4) is 0 Å². The molecule has 1 N–H and O–H groups in total. The first-order valence-electron chi connectivity index (χ1n) is 6.94. The minimum atomic E-state index is -0.908. The van der Waals surface area contributed by atoms with Gasteiger partial charge in [-0.15, -0.1) is 0 Å². The van der Waals surface area contributed by atoms with Crippen molar-refractivity contribution in [2.45, 2.75) is 31.7 Å². The first-order chi connectivity index (χ1) is 9.52. The highest BCUT2D eigenvalue weighted by Crippen LogP contribution is 2.22. The van der Waals surface area contributed by atoms with Crippen LogP contribution in [0.1, 0.15) is 31.2 Å². The van der Waals surface area contributed by atoms with Crippen LogP contribution in [-0.2, 0) is 4.79 Å². The molecule has 5 heteroatoms. The standard InChI is InChI=1S/C15H20F2N2O/c1-10(11-5-6-13(16)14(17)8-11)15(20)19-7-3-4-12(9-19)18-2/h5-6,8,10,12,18H,3-4,7,9H2,1-2H3. The summed E-state index contributed by atoms with van der Waals surface area (Å²) < 4.78 is 26.2. The average molecular weight is 282 g/mol. The van der Waals surface area contributed by atoms with E-state index in [0.29, 0.717) is 18.2 Å². The summed E-state index contributed by atoms with van der Waals surface area (Å²) in [6.07, 6.45) is 2.02. The first kappa shape index (κ1) is 14.9. The van der Waals surface area contributed by atoms with E-state index in [-0.39, 0.29) is 5.91 Å². The molecule has 20 heavy (non-hydrogen) atoms. The Morgan fingerprint density at radius 2 is 2.15 bits per heavy atom. The molecule has 0 saturated carbocycles. The van der Waals surface area contributed by atoms with E-state index in [1.54, 1.807) is 11.8 Å². The van der Waals surface area contributed by atoms with Crippen LogP contribution >= 0.6 is 0 Å². The van der Waals surface area contributed by atoms with Gasteiger partial charge in [0.1, 0.15) is 0 Å². The van der Waals surface area contributed by atoms with Crippen LogP contribution in [0, 0.1) is 11.6 Å². The predicted octanol–water partition coefficient (Wildman–Crippen LogP) is 2.28. The second kappa shape index (κ2) is 6.31. The van der Waals surface area contributed by atoms with Gasteiger partial charge in [-0.25, -0.2) is 8.78 Å². The van der Waals surface area contributed by atoms with E-state index in [1.165, 1.54) is 6.07 Å². The summed E-state index contributed by atoms with van der Waals surface area (Å²) in [4.78, 5) is 14.2. The maximum absolute atomic E-state index is 13.3. The number of hydrogen-bond acceptors (Lipinski definition) is 2. The second-order valence-corrected chi connectivity index (χ2v) is 5.31. The number of nitrogens with one attached hydrogen (secondary N) is 1. The molecule has 1 saturated heterocycles. The number of nitrogens with zero attached hydrogens (tertiary/aromatic N) is 1. The van der Waals surface area contributed by atoms with Gasteiger partial charge < -0.3 is 10.2 Å². The topological polar surface area (TPSA) is 32.3 Å². The zero-order valence-electron chi connectivity index (χ0n) is 11.8. The highest BCUT2D eigenvalue weighted by molar-refractivity contribution is 5.83. The number of benzene rings is 1. The number of likely N-dealkylation sites (N-methyl/N-ethyl adjacent to an activating group) is 1. The predicted molar refractivity (Wildman–Crippen MR) is 73.4 cm³/mol. The van der Waals surface area contributed by atoms with Crippen LogP contribution in [0.4, 0.5) is 8.78 Å². The van der Waals surface area contributed by atoms with Crippen molar-refractivity contribution in [3.05, 3.63) is 35.4 Å². The summed E-state index contributed by atoms with van der Waals surface area (Å²) >= 11 is 0. The molecule has 0 radical (unpaired) electrons. The second-order valence-electron chi connectivity index (χ2n) is 5.31. The Morgan fingerprint density at radius 3 is 2.80 bits per heavy atom. The largest absolute Gasteiger partial charge is 0.341 e. The van der Waals surface area contributed by atoms with E-state index in [4.69, 9.17) is 0 Å². The smallest absolute Gasteiger partial charge is 0.229 e. The lowest BCUT2D eigenvalue weighted by Gasteiger charge is -2.34. The number of halogens is 2. The molecule has 0 bridgehead atoms. The van der Waals surface area contributed by atoms with Gasteiger partial charge in [0, 0.05) is 19.1 Å². The monoisotopic (exact) mass is 282 g/mol. The van der Waals surface area contributed by atoms with Crippen LogP contribution in [0.15, 0.2) is 18.2 Å². The van der Waals surface area contributed by atoms with Crippen LogP contribution < -0.4 is 5.32 Å². The number of amides is 1. The quantitative estimate of drug-likeness (QED) is 0.922. The molecule has 1 amide bonds. The molecule has 2 atom stereocenters. The minimum absolute atomic E-state index is 0.0315. The van der Waals surface area contributed by atoms with Gasteiger partial charge in [-0.2, -0.15) is 0 Å². The molecular formula is C15H20F2N2O. The number of carbonyl (C=O) groups is 1. The molecular weight excluding hydrogens is 262 g/mol. The lowest BCUT2D eigenvalue weighted by molar-refractivity contribution is -0.133. The Bertz CT molecular complexity index is 493. The Labute approximate surface area is 118 Å². The zero-order chi connectivity index (χ0) is 14.7. The molecule has 2 unspecified atom stereocenters. The minimum Gasteiger partial charge on any atom is -0.341 e. The molecule has 1 aliphatic rings. The van der Waals surface area contributed by atoms with Crippen molar-refractivity contribution in [2.24, 2.45) is 0 Å². The third kappa shape index (κ3) is 3.15. The summed E-state index contributed by atoms with van der Waals surface area (Å²) in [6.45, 7) is 3.13. The Balaban J connectivity index is 2.09. The molecule has 3 nitrogen and oxygen atoms in total. The van der Waals surface area contributed by atoms with Crippen molar-refractivity contribution in [1.29, 1.82) is 0 Å². The van der Waals surface area contributed by atoms with Crippen molar-refractivity contribution < 1.29 is 13.6 Å². The third-order valence-electron chi connectivity index (χ3n) is 3.96. The maximum atomic E-state index is 13.3. The van der Waals surface area contributed by atoms with Crippen LogP contribution in [0.25, 0.3) is 0 Å². The highest BCUT2D eigenvalue weighted by Gasteiger charge is 2.27. The molecule has 0 spiro atoms. The fourth-order valence-electron chi connectivity index (χ4n) is 2.61. The fraction of sp³-hybridized carbons (Fsp3) is 0.533. The van der Waals surface area contributed by atoms with Gasteiger partial charge in [0.15, 0.2) is 11.6 Å². The van der Waals surface area contributed by atoms with Crippen molar-refractivity contribution in [1.82, 2.24) is 10.2 Å². The summed E-state index contributed by atoms with van der Waals surface area (Å²) in [7, 11) is 1.89. The number of hydrogen-bond donors (Lipinski definition) is 1. The van der Waals surface area contributed by atoms with E-state index in [2.05, 4.69) is 5.32 Å². The van der Waals surface area contributed by atoms with Gasteiger partial charge >= 0.3 is 0 Å². The van der Waals surface area contributed by atoms with Crippen LogP contribution in [0.5, 0.6) is 0 Å². The number of piperidine rings is 1. The fourth-order valence-corrected chi connectivity index (χ4v) is 2.61. The van der Waals surface area contributed by atoms with Gasteiger partial charge in [0.2, 0.25) is 5.91 Å². The van der Waals surface area contributed by atoms with Crippen LogP contribution in [0.2, 0.25) is 0 Å². The van der Waals surface area contributed by atoms with E-state index in [9.17, 15) is 13.6 Å². The lowest BCUT2D eigenvalue weighted by atomic mass is 9.97. The van der Waals surface area contributed by atoms with E-state index < -0.39 is 17.6 Å². The summed E-state index contributed by atoms with van der Waals surface area (Å²) in [5.41, 5.74) is 0.514. The Morgan fingerprint density at radius 1 is 1.40 bits per heavy atom. The molecule has 1 aromatic carbocycles. The van der Waals surface area contributed by atoms with Crippen molar-refractivity contribution in [3.8, 4) is 0 Å². The third-order valence-corrected chi connectivity index (χ3v) is 3.96. The molecule has 1 fully saturated rings. The SMILES string of the molecule is CNC1CCCN(C(=O)C(C)c2ccc(F)c(F)c2)C1. The van der Waals surface area contributed by atoms with Gasteiger partial charge in [-0.1, -0.05) is 6.07 Å². The van der Waals surface area contributed by atoms with E-state index in [1.807, 2.05) is 7.05 Å². The maximum Gasteiger partial charge on any atom is 0.229 e. The average Bonchev–Trinajstić information content (AvgIpc) is 2.48. The number of rotatable bonds is 3. The lowest BCUT2D eigenvalue weighted by Crippen LogP contribution is -2.48. The molecule has 2 rings (SSSR count). The normalized spacial score (nSPS) is 20.8. The summed E-state index contributed by atoms with van der Waals surface area (Å²) in [5, 5.41) is 3.18. The Kier molecular flexibility index (Phi) is 4.70. The van der Waals surface area contributed by atoms with Gasteiger partial charge in [-0.3, -0.25) is 4.79 Å². The summed E-state index contributed by atoms with van der Waals surface area (Å²) in [5.74, 6) is -2.29. The van der Waals surface area contributed by atoms with Crippen molar-refractivity contribution in [2.75, 3.05) is 20.1 Å². The van der Waals surface area contributed by atoms with Gasteiger partial charge in [0.05, 0.1) is 5.92 Å². The zero-order valence-corrected chi connectivity index (χ0v) is 11.8. The number of likely N-dealkylation sites (tertiary alicyclic amines) is 1.